The Morgan fingerprint density at radius 3 is 2.38 bits per heavy atom. The van der Waals surface area contributed by atoms with Crippen LogP contribution in [0, 0.1) is 5.92 Å². The van der Waals surface area contributed by atoms with Crippen molar-refractivity contribution in [2.24, 2.45) is 5.92 Å². The van der Waals surface area contributed by atoms with Crippen LogP contribution in [0.15, 0.2) is 0 Å². The number of nitrogens with one attached hydrogen (secondary N) is 1. The van der Waals surface area contributed by atoms with Crippen LogP contribution in [0.1, 0.15) is 33.1 Å². The summed E-state index contributed by atoms with van der Waals surface area (Å²) in [5, 5.41) is 11.8. The molecule has 2 N–H and O–H groups in total. The summed E-state index contributed by atoms with van der Waals surface area (Å²) in [5.74, 6) is -1.07. The molecule has 2 heterocycles. The molecular formula is C14H23N3O4. The molecule has 1 atom stereocenters. The number of likely N-dealkylation sites (tertiary alicyclic amines) is 2. The SMILES string of the molecule is CC(C)N1CC(NC(=O)N2CCC(C(=O)O)CC2)CC1=O. The topological polar surface area (TPSA) is 90.0 Å². The fraction of sp³-hybridized carbons (Fsp3) is 0.786. The van der Waals surface area contributed by atoms with E-state index in [0.29, 0.717) is 38.9 Å². The van der Waals surface area contributed by atoms with Gasteiger partial charge in [0.15, 0.2) is 0 Å². The Labute approximate surface area is 124 Å². The van der Waals surface area contributed by atoms with E-state index in [0.717, 1.165) is 0 Å². The van der Waals surface area contributed by atoms with Crippen LogP contribution < -0.4 is 5.32 Å². The molecule has 118 valence electrons. The van der Waals surface area contributed by atoms with E-state index in [1.165, 1.54) is 0 Å². The zero-order valence-corrected chi connectivity index (χ0v) is 12.5. The van der Waals surface area contributed by atoms with Gasteiger partial charge in [-0.05, 0) is 26.7 Å². The maximum Gasteiger partial charge on any atom is 0.317 e. The highest BCUT2D eigenvalue weighted by Gasteiger charge is 2.34. The first-order chi connectivity index (χ1) is 9.88. The van der Waals surface area contributed by atoms with Crippen molar-refractivity contribution in [3.05, 3.63) is 0 Å². The number of carbonyl (C=O) groups is 3. The van der Waals surface area contributed by atoms with Gasteiger partial charge in [-0.15, -0.1) is 0 Å². The number of hydrogen-bond donors (Lipinski definition) is 2. The van der Waals surface area contributed by atoms with Crippen LogP contribution in [0.2, 0.25) is 0 Å². The minimum Gasteiger partial charge on any atom is -0.481 e. The third-order valence-electron chi connectivity index (χ3n) is 4.24. The number of piperidine rings is 1. The molecule has 2 aliphatic heterocycles. The Balaban J connectivity index is 1.81. The molecule has 7 nitrogen and oxygen atoms in total. The van der Waals surface area contributed by atoms with Gasteiger partial charge in [0.25, 0.3) is 0 Å². The van der Waals surface area contributed by atoms with Gasteiger partial charge in [0, 0.05) is 32.1 Å². The maximum atomic E-state index is 12.2. The van der Waals surface area contributed by atoms with Gasteiger partial charge in [-0.25, -0.2) is 4.79 Å². The molecule has 2 saturated heterocycles. The summed E-state index contributed by atoms with van der Waals surface area (Å²) in [5.41, 5.74) is 0. The summed E-state index contributed by atoms with van der Waals surface area (Å²) < 4.78 is 0. The van der Waals surface area contributed by atoms with Gasteiger partial charge < -0.3 is 20.2 Å². The van der Waals surface area contributed by atoms with E-state index in [4.69, 9.17) is 5.11 Å². The summed E-state index contributed by atoms with van der Waals surface area (Å²) in [6.45, 7) is 5.38. The second-order valence-electron chi connectivity index (χ2n) is 6.09. The van der Waals surface area contributed by atoms with E-state index in [1.54, 1.807) is 9.80 Å². The first kappa shape index (κ1) is 15.6. The number of rotatable bonds is 3. The average molecular weight is 297 g/mol. The summed E-state index contributed by atoms with van der Waals surface area (Å²) in [6.07, 6.45) is 1.32. The van der Waals surface area contributed by atoms with Crippen LogP contribution in [0.4, 0.5) is 4.79 Å². The van der Waals surface area contributed by atoms with Crippen molar-refractivity contribution in [2.45, 2.75) is 45.2 Å². The highest BCUT2D eigenvalue weighted by molar-refractivity contribution is 5.82. The van der Waals surface area contributed by atoms with Crippen LogP contribution in [0.5, 0.6) is 0 Å². The highest BCUT2D eigenvalue weighted by atomic mass is 16.4. The Bertz CT molecular complexity index is 430. The fourth-order valence-electron chi connectivity index (χ4n) is 2.92. The van der Waals surface area contributed by atoms with Crippen molar-refractivity contribution in [3.63, 3.8) is 0 Å². The Kier molecular flexibility index (Phi) is 4.69. The molecule has 0 bridgehead atoms. The van der Waals surface area contributed by atoms with Crippen molar-refractivity contribution in [1.29, 1.82) is 0 Å². The van der Waals surface area contributed by atoms with Crippen molar-refractivity contribution < 1.29 is 19.5 Å². The second kappa shape index (κ2) is 6.32. The van der Waals surface area contributed by atoms with Crippen molar-refractivity contribution in [3.8, 4) is 0 Å². The molecule has 7 heteroatoms. The zero-order valence-electron chi connectivity index (χ0n) is 12.5. The highest BCUT2D eigenvalue weighted by Crippen LogP contribution is 2.18. The lowest BCUT2D eigenvalue weighted by atomic mass is 9.97. The first-order valence-electron chi connectivity index (χ1n) is 7.46. The molecule has 2 fully saturated rings. The van der Waals surface area contributed by atoms with Crippen molar-refractivity contribution in [2.75, 3.05) is 19.6 Å². The third-order valence-corrected chi connectivity index (χ3v) is 4.24. The van der Waals surface area contributed by atoms with E-state index >= 15 is 0 Å². The molecule has 21 heavy (non-hydrogen) atoms. The molecule has 0 spiro atoms. The Hall–Kier alpha value is -1.79. The number of urea groups is 1. The van der Waals surface area contributed by atoms with Gasteiger partial charge in [-0.2, -0.15) is 0 Å². The molecule has 2 aliphatic rings. The predicted octanol–water partition coefficient (Wildman–Crippen LogP) is 0.502. The number of carboxylic acids is 1. The largest absolute Gasteiger partial charge is 0.481 e. The average Bonchev–Trinajstić information content (AvgIpc) is 2.79. The van der Waals surface area contributed by atoms with Crippen LogP contribution in [-0.4, -0.2) is 64.5 Å². The number of nitrogens with zero attached hydrogens (tertiary/aromatic N) is 2. The smallest absolute Gasteiger partial charge is 0.317 e. The van der Waals surface area contributed by atoms with E-state index in [1.807, 2.05) is 13.8 Å². The molecular weight excluding hydrogens is 274 g/mol. The lowest BCUT2D eigenvalue weighted by Gasteiger charge is -2.31. The van der Waals surface area contributed by atoms with Gasteiger partial charge in [-0.1, -0.05) is 0 Å². The molecule has 1 unspecified atom stereocenters. The molecule has 0 aromatic carbocycles. The number of amides is 3. The molecule has 0 radical (unpaired) electrons. The van der Waals surface area contributed by atoms with Crippen molar-refractivity contribution >= 4 is 17.9 Å². The molecule has 0 aromatic heterocycles. The predicted molar refractivity (Wildman–Crippen MR) is 75.7 cm³/mol. The van der Waals surface area contributed by atoms with Crippen LogP contribution in [0.3, 0.4) is 0 Å². The molecule has 0 aliphatic carbocycles. The second-order valence-corrected chi connectivity index (χ2v) is 6.09. The minimum absolute atomic E-state index is 0.0693. The Morgan fingerprint density at radius 2 is 1.90 bits per heavy atom. The number of aliphatic carboxylic acids is 1. The third kappa shape index (κ3) is 3.65. The molecule has 0 saturated carbocycles. The monoisotopic (exact) mass is 297 g/mol. The fourth-order valence-corrected chi connectivity index (χ4v) is 2.92. The van der Waals surface area contributed by atoms with Crippen LogP contribution in [0.25, 0.3) is 0 Å². The van der Waals surface area contributed by atoms with E-state index in [2.05, 4.69) is 5.32 Å². The molecule has 3 amide bonds. The lowest BCUT2D eigenvalue weighted by Crippen LogP contribution is -2.49. The number of carboxylic acid groups (broad SMARTS) is 1. The van der Waals surface area contributed by atoms with Gasteiger partial charge in [0.2, 0.25) is 5.91 Å². The number of hydrogen-bond acceptors (Lipinski definition) is 3. The van der Waals surface area contributed by atoms with Gasteiger partial charge >= 0.3 is 12.0 Å². The molecule has 2 rings (SSSR count). The zero-order chi connectivity index (χ0) is 15.6. The van der Waals surface area contributed by atoms with Gasteiger partial charge in [-0.3, -0.25) is 9.59 Å². The van der Waals surface area contributed by atoms with E-state index in [-0.39, 0.29) is 29.9 Å². The summed E-state index contributed by atoms with van der Waals surface area (Å²) in [6, 6.07) is -0.197. The molecule has 0 aromatic rings. The first-order valence-corrected chi connectivity index (χ1v) is 7.46. The van der Waals surface area contributed by atoms with Crippen LogP contribution >= 0.6 is 0 Å². The standard InChI is InChI=1S/C14H23N3O4/c1-9(2)17-8-11(7-12(17)18)15-14(21)16-5-3-10(4-6-16)13(19)20/h9-11H,3-8H2,1-2H3,(H,15,21)(H,19,20). The Morgan fingerprint density at radius 1 is 1.29 bits per heavy atom. The summed E-state index contributed by atoms with van der Waals surface area (Å²) in [7, 11) is 0. The lowest BCUT2D eigenvalue weighted by molar-refractivity contribution is -0.143. The minimum atomic E-state index is -0.788. The van der Waals surface area contributed by atoms with Crippen molar-refractivity contribution in [1.82, 2.24) is 15.1 Å². The van der Waals surface area contributed by atoms with Crippen LogP contribution in [-0.2, 0) is 9.59 Å². The summed E-state index contributed by atoms with van der Waals surface area (Å²) >= 11 is 0. The van der Waals surface area contributed by atoms with Gasteiger partial charge in [0.05, 0.1) is 12.0 Å². The maximum absolute atomic E-state index is 12.2. The summed E-state index contributed by atoms with van der Waals surface area (Å²) in [4.78, 5) is 38.2. The quantitative estimate of drug-likeness (QED) is 0.794. The van der Waals surface area contributed by atoms with E-state index < -0.39 is 5.97 Å². The normalized spacial score (nSPS) is 23.8. The van der Waals surface area contributed by atoms with Gasteiger partial charge in [0.1, 0.15) is 0 Å². The number of carbonyl (C=O) groups excluding carboxylic acids is 2. The van der Waals surface area contributed by atoms with E-state index in [9.17, 15) is 14.4 Å².